The second-order valence-corrected chi connectivity index (χ2v) is 7.21. The first-order chi connectivity index (χ1) is 9.19. The van der Waals surface area contributed by atoms with Gasteiger partial charge in [-0.25, -0.2) is 17.8 Å². The Kier molecular flexibility index (Phi) is 3.61. The monoisotopic (exact) mass is 295 g/mol. The average Bonchev–Trinajstić information content (AvgIpc) is 2.79. The van der Waals surface area contributed by atoms with Crippen molar-refractivity contribution in [1.82, 2.24) is 24.9 Å². The number of aryl methyl sites for hydroxylation is 1. The maximum Gasteiger partial charge on any atom is 0.241 e. The molecule has 20 heavy (non-hydrogen) atoms. The van der Waals surface area contributed by atoms with Crippen molar-refractivity contribution >= 4 is 10.0 Å². The molecule has 0 bridgehead atoms. The normalized spacial score (nSPS) is 12.6. The van der Waals surface area contributed by atoms with Crippen molar-refractivity contribution in [3.63, 3.8) is 0 Å². The van der Waals surface area contributed by atoms with Crippen LogP contribution in [0.2, 0.25) is 0 Å². The van der Waals surface area contributed by atoms with Gasteiger partial charge in [-0.1, -0.05) is 6.07 Å². The number of hydrogen-bond donors (Lipinski definition) is 1. The van der Waals surface area contributed by atoms with Gasteiger partial charge in [-0.15, -0.1) is 5.10 Å². The Balaban J connectivity index is 2.49. The van der Waals surface area contributed by atoms with Crippen molar-refractivity contribution in [2.75, 3.05) is 0 Å². The minimum atomic E-state index is -3.59. The van der Waals surface area contributed by atoms with Gasteiger partial charge in [-0.3, -0.25) is 0 Å². The molecule has 1 heterocycles. The molecule has 0 saturated heterocycles. The molecule has 0 saturated carbocycles. The minimum absolute atomic E-state index is 0.223. The maximum atomic E-state index is 12.4. The molecule has 2 aromatic rings. The highest BCUT2D eigenvalue weighted by molar-refractivity contribution is 7.89. The number of tetrazole rings is 1. The van der Waals surface area contributed by atoms with Crippen molar-refractivity contribution in [2.24, 2.45) is 0 Å². The second kappa shape index (κ2) is 4.95. The first-order valence-corrected chi connectivity index (χ1v) is 7.55. The molecule has 0 aliphatic heterocycles. The van der Waals surface area contributed by atoms with Crippen LogP contribution in [0, 0.1) is 6.92 Å². The summed E-state index contributed by atoms with van der Waals surface area (Å²) < 4.78 is 28.9. The summed E-state index contributed by atoms with van der Waals surface area (Å²) in [6.07, 6.45) is 1.41. The number of benzene rings is 1. The predicted molar refractivity (Wildman–Crippen MR) is 74.0 cm³/mol. The molecule has 0 fully saturated rings. The SMILES string of the molecule is Cc1ccc(-n2cnnn2)cc1S(=O)(=O)NC(C)(C)C. The van der Waals surface area contributed by atoms with Crippen LogP contribution in [0.1, 0.15) is 26.3 Å². The number of rotatable bonds is 3. The fourth-order valence-corrected chi connectivity index (χ4v) is 3.44. The quantitative estimate of drug-likeness (QED) is 0.914. The van der Waals surface area contributed by atoms with Crippen LogP contribution in [0.25, 0.3) is 5.69 Å². The molecule has 2 rings (SSSR count). The molecule has 1 aromatic carbocycles. The highest BCUT2D eigenvalue weighted by Gasteiger charge is 2.24. The van der Waals surface area contributed by atoms with E-state index in [1.165, 1.54) is 11.0 Å². The zero-order chi connectivity index (χ0) is 15.0. The van der Waals surface area contributed by atoms with E-state index in [0.29, 0.717) is 11.3 Å². The largest absolute Gasteiger partial charge is 0.241 e. The van der Waals surface area contributed by atoms with Gasteiger partial charge in [0.05, 0.1) is 10.6 Å². The third-order valence-corrected chi connectivity index (χ3v) is 4.42. The molecule has 0 unspecified atom stereocenters. The van der Waals surface area contributed by atoms with E-state index >= 15 is 0 Å². The fraction of sp³-hybridized carbons (Fsp3) is 0.417. The van der Waals surface area contributed by atoms with E-state index in [4.69, 9.17) is 0 Å². The van der Waals surface area contributed by atoms with Gasteiger partial charge in [0.15, 0.2) is 0 Å². The summed E-state index contributed by atoms with van der Waals surface area (Å²) in [7, 11) is -3.59. The van der Waals surface area contributed by atoms with Crippen LogP contribution in [-0.4, -0.2) is 34.2 Å². The first kappa shape index (κ1) is 14.6. The van der Waals surface area contributed by atoms with Crippen molar-refractivity contribution in [3.8, 4) is 5.69 Å². The lowest BCUT2D eigenvalue weighted by molar-refractivity contribution is 0.491. The highest BCUT2D eigenvalue weighted by atomic mass is 32.2. The number of sulfonamides is 1. The van der Waals surface area contributed by atoms with Crippen LogP contribution in [0.3, 0.4) is 0 Å². The van der Waals surface area contributed by atoms with Gasteiger partial charge in [0, 0.05) is 5.54 Å². The lowest BCUT2D eigenvalue weighted by atomic mass is 10.1. The lowest BCUT2D eigenvalue weighted by Crippen LogP contribution is -2.40. The first-order valence-electron chi connectivity index (χ1n) is 6.07. The van der Waals surface area contributed by atoms with Crippen LogP contribution in [0.4, 0.5) is 0 Å². The molecule has 108 valence electrons. The molecule has 7 nitrogen and oxygen atoms in total. The number of aromatic nitrogens is 4. The van der Waals surface area contributed by atoms with Gasteiger partial charge in [-0.2, -0.15) is 0 Å². The third-order valence-electron chi connectivity index (χ3n) is 2.52. The Labute approximate surface area is 118 Å². The molecule has 0 amide bonds. The third kappa shape index (κ3) is 3.20. The van der Waals surface area contributed by atoms with E-state index < -0.39 is 15.6 Å². The number of nitrogens with one attached hydrogen (secondary N) is 1. The molecular formula is C12H17N5O2S. The lowest BCUT2D eigenvalue weighted by Gasteiger charge is -2.21. The Morgan fingerprint density at radius 3 is 2.50 bits per heavy atom. The zero-order valence-electron chi connectivity index (χ0n) is 11.8. The topological polar surface area (TPSA) is 89.8 Å². The fourth-order valence-electron chi connectivity index (χ4n) is 1.76. The van der Waals surface area contributed by atoms with Crippen molar-refractivity contribution in [3.05, 3.63) is 30.1 Å². The number of nitrogens with zero attached hydrogens (tertiary/aromatic N) is 4. The molecule has 1 aromatic heterocycles. The maximum absolute atomic E-state index is 12.4. The van der Waals surface area contributed by atoms with Gasteiger partial charge in [0.2, 0.25) is 10.0 Å². The summed E-state index contributed by atoms with van der Waals surface area (Å²) in [5.41, 5.74) is 0.712. The van der Waals surface area contributed by atoms with Gasteiger partial charge >= 0.3 is 0 Å². The smallest absolute Gasteiger partial charge is 0.207 e. The molecule has 0 aliphatic carbocycles. The molecule has 0 radical (unpaired) electrons. The van der Waals surface area contributed by atoms with Crippen LogP contribution >= 0.6 is 0 Å². The van der Waals surface area contributed by atoms with Crippen LogP contribution in [0.5, 0.6) is 0 Å². The summed E-state index contributed by atoms with van der Waals surface area (Å²) in [5.74, 6) is 0. The van der Waals surface area contributed by atoms with Crippen LogP contribution in [-0.2, 0) is 10.0 Å². The summed E-state index contributed by atoms with van der Waals surface area (Å²) in [5, 5.41) is 10.8. The van der Waals surface area contributed by atoms with Crippen molar-refractivity contribution in [2.45, 2.75) is 38.1 Å². The summed E-state index contributed by atoms with van der Waals surface area (Å²) >= 11 is 0. The van der Waals surface area contributed by atoms with E-state index in [-0.39, 0.29) is 4.90 Å². The summed E-state index contributed by atoms with van der Waals surface area (Å²) in [6.45, 7) is 7.14. The van der Waals surface area contributed by atoms with Gasteiger partial charge in [-0.05, 0) is 55.8 Å². The summed E-state index contributed by atoms with van der Waals surface area (Å²) in [6, 6.07) is 5.05. The Hall–Kier alpha value is -1.80. The Morgan fingerprint density at radius 1 is 1.25 bits per heavy atom. The van der Waals surface area contributed by atoms with Crippen LogP contribution in [0.15, 0.2) is 29.4 Å². The standard InChI is InChI=1S/C12H17N5O2S/c1-9-5-6-10(17-8-13-15-16-17)7-11(9)20(18,19)14-12(2,3)4/h5-8,14H,1-4H3. The molecule has 0 atom stereocenters. The molecular weight excluding hydrogens is 278 g/mol. The van der Waals surface area contributed by atoms with E-state index in [0.717, 1.165) is 0 Å². The second-order valence-electron chi connectivity index (χ2n) is 5.56. The molecule has 8 heteroatoms. The Bertz CT molecular complexity index is 702. The van der Waals surface area contributed by atoms with Gasteiger partial charge < -0.3 is 0 Å². The van der Waals surface area contributed by atoms with E-state index in [1.54, 1.807) is 45.9 Å². The molecule has 1 N–H and O–H groups in total. The van der Waals surface area contributed by atoms with Crippen molar-refractivity contribution in [1.29, 1.82) is 0 Å². The molecule has 0 spiro atoms. The zero-order valence-corrected chi connectivity index (χ0v) is 12.6. The number of hydrogen-bond acceptors (Lipinski definition) is 5. The minimum Gasteiger partial charge on any atom is -0.207 e. The highest BCUT2D eigenvalue weighted by Crippen LogP contribution is 2.20. The van der Waals surface area contributed by atoms with Crippen molar-refractivity contribution < 1.29 is 8.42 Å². The van der Waals surface area contributed by atoms with E-state index in [1.807, 2.05) is 0 Å². The predicted octanol–water partition coefficient (Wildman–Crippen LogP) is 1.05. The summed E-state index contributed by atoms with van der Waals surface area (Å²) in [4.78, 5) is 0.223. The Morgan fingerprint density at radius 2 is 1.95 bits per heavy atom. The van der Waals surface area contributed by atoms with E-state index in [2.05, 4.69) is 20.2 Å². The van der Waals surface area contributed by atoms with E-state index in [9.17, 15) is 8.42 Å². The van der Waals surface area contributed by atoms with Gasteiger partial charge in [0.1, 0.15) is 6.33 Å². The van der Waals surface area contributed by atoms with Gasteiger partial charge in [0.25, 0.3) is 0 Å². The molecule has 0 aliphatic rings. The average molecular weight is 295 g/mol. The van der Waals surface area contributed by atoms with Crippen LogP contribution < -0.4 is 4.72 Å².